The molecule has 2 aromatic rings. The molecule has 106 valence electrons. The van der Waals surface area contributed by atoms with E-state index in [4.69, 9.17) is 0 Å². The zero-order valence-corrected chi connectivity index (χ0v) is 12.9. The molecule has 0 aliphatic heterocycles. The second-order valence-corrected chi connectivity index (χ2v) is 5.50. The number of rotatable bonds is 5. The maximum atomic E-state index is 12.3. The summed E-state index contributed by atoms with van der Waals surface area (Å²) in [5.74, 6) is -0.190. The van der Waals surface area contributed by atoms with Crippen LogP contribution >= 0.6 is 22.6 Å². The third-order valence-electron chi connectivity index (χ3n) is 2.99. The molecule has 0 N–H and O–H groups in total. The van der Waals surface area contributed by atoms with Crippen molar-refractivity contribution in [2.75, 3.05) is 0 Å². The van der Waals surface area contributed by atoms with Crippen molar-refractivity contribution < 1.29 is 14.5 Å². The van der Waals surface area contributed by atoms with E-state index in [0.29, 0.717) is 26.5 Å². The van der Waals surface area contributed by atoms with Gasteiger partial charge in [-0.1, -0.05) is 30.3 Å². The SMILES string of the molecule is O=Cc1ccccc1C(=O)Cc1ccc([N+](=O)[O-])cc1I. The number of non-ortho nitro benzene ring substituents is 1. The number of halogens is 1. The molecule has 5 nitrogen and oxygen atoms in total. The number of benzene rings is 2. The minimum atomic E-state index is -0.477. The van der Waals surface area contributed by atoms with E-state index in [0.717, 1.165) is 0 Å². The molecule has 0 heterocycles. The van der Waals surface area contributed by atoms with Crippen molar-refractivity contribution >= 4 is 40.3 Å². The molecule has 0 bridgehead atoms. The molecule has 0 aliphatic carbocycles. The van der Waals surface area contributed by atoms with Gasteiger partial charge in [0.05, 0.1) is 4.92 Å². The lowest BCUT2D eigenvalue weighted by atomic mass is 9.99. The van der Waals surface area contributed by atoms with Crippen LogP contribution in [0.2, 0.25) is 0 Å². The molecule has 0 aliphatic rings. The molecule has 0 aromatic heterocycles. The van der Waals surface area contributed by atoms with Gasteiger partial charge >= 0.3 is 0 Å². The van der Waals surface area contributed by atoms with Crippen LogP contribution in [-0.2, 0) is 6.42 Å². The number of Topliss-reactive ketones (excluding diaryl/α,β-unsaturated/α-hetero) is 1. The number of hydrogen-bond acceptors (Lipinski definition) is 4. The van der Waals surface area contributed by atoms with Crippen LogP contribution in [0.15, 0.2) is 42.5 Å². The van der Waals surface area contributed by atoms with Crippen molar-refractivity contribution in [1.82, 2.24) is 0 Å². The zero-order valence-electron chi connectivity index (χ0n) is 10.8. The normalized spacial score (nSPS) is 10.1. The van der Waals surface area contributed by atoms with Crippen LogP contribution in [0.5, 0.6) is 0 Å². The maximum Gasteiger partial charge on any atom is 0.270 e. The summed E-state index contributed by atoms with van der Waals surface area (Å²) in [5, 5.41) is 10.7. The van der Waals surface area contributed by atoms with Gasteiger partial charge in [-0.2, -0.15) is 0 Å². The topological polar surface area (TPSA) is 77.3 Å². The summed E-state index contributed by atoms with van der Waals surface area (Å²) < 4.78 is 0.652. The molecule has 0 atom stereocenters. The quantitative estimate of drug-likeness (QED) is 0.256. The molecular formula is C15H10INO4. The van der Waals surface area contributed by atoms with Crippen LogP contribution in [-0.4, -0.2) is 17.0 Å². The van der Waals surface area contributed by atoms with Crippen LogP contribution in [0.1, 0.15) is 26.3 Å². The van der Waals surface area contributed by atoms with Gasteiger partial charge in [0.25, 0.3) is 5.69 Å². The molecule has 6 heteroatoms. The molecule has 0 saturated heterocycles. The minimum Gasteiger partial charge on any atom is -0.298 e. The standard InChI is InChI=1S/C15H10INO4/c16-14-8-12(17(20)21)6-5-10(14)7-15(19)13-4-2-1-3-11(13)9-18/h1-6,8-9H,7H2. The van der Waals surface area contributed by atoms with E-state index in [-0.39, 0.29) is 17.9 Å². The van der Waals surface area contributed by atoms with Gasteiger partial charge in [0.1, 0.15) is 0 Å². The lowest BCUT2D eigenvalue weighted by molar-refractivity contribution is -0.385. The average Bonchev–Trinajstić information content (AvgIpc) is 2.48. The molecule has 0 radical (unpaired) electrons. The van der Waals surface area contributed by atoms with Gasteiger partial charge in [0.2, 0.25) is 0 Å². The molecule has 2 aromatic carbocycles. The number of nitrogens with zero attached hydrogens (tertiary/aromatic N) is 1. The Morgan fingerprint density at radius 2 is 1.95 bits per heavy atom. The second-order valence-electron chi connectivity index (χ2n) is 4.34. The van der Waals surface area contributed by atoms with E-state index in [1.54, 1.807) is 30.3 Å². The van der Waals surface area contributed by atoms with Crippen molar-refractivity contribution in [3.63, 3.8) is 0 Å². The van der Waals surface area contributed by atoms with Crippen LogP contribution in [0.25, 0.3) is 0 Å². The first-order valence-electron chi connectivity index (χ1n) is 6.03. The Bertz CT molecular complexity index is 727. The number of carbonyl (C=O) groups excluding carboxylic acids is 2. The van der Waals surface area contributed by atoms with E-state index >= 15 is 0 Å². The van der Waals surface area contributed by atoms with Crippen molar-refractivity contribution in [2.24, 2.45) is 0 Å². The van der Waals surface area contributed by atoms with E-state index < -0.39 is 4.92 Å². The van der Waals surface area contributed by atoms with Crippen LogP contribution in [0.3, 0.4) is 0 Å². The summed E-state index contributed by atoms with van der Waals surface area (Å²) >= 11 is 1.96. The lowest BCUT2D eigenvalue weighted by Gasteiger charge is -2.06. The molecule has 21 heavy (non-hydrogen) atoms. The van der Waals surface area contributed by atoms with Gasteiger partial charge in [-0.05, 0) is 28.2 Å². The van der Waals surface area contributed by atoms with Gasteiger partial charge in [-0.25, -0.2) is 0 Å². The Labute approximate surface area is 134 Å². The smallest absolute Gasteiger partial charge is 0.270 e. The largest absolute Gasteiger partial charge is 0.298 e. The van der Waals surface area contributed by atoms with E-state index in [2.05, 4.69) is 0 Å². The Kier molecular flexibility index (Phi) is 4.79. The number of carbonyl (C=O) groups is 2. The molecule has 0 amide bonds. The number of aldehydes is 1. The summed E-state index contributed by atoms with van der Waals surface area (Å²) in [6.07, 6.45) is 0.745. The molecule has 0 spiro atoms. The molecular weight excluding hydrogens is 385 g/mol. The Morgan fingerprint density at radius 1 is 1.24 bits per heavy atom. The predicted octanol–water partition coefficient (Wildman–Crippen LogP) is 3.44. The number of nitro benzene ring substituents is 1. The first-order chi connectivity index (χ1) is 10.0. The Morgan fingerprint density at radius 3 is 2.57 bits per heavy atom. The summed E-state index contributed by atoms with van der Waals surface area (Å²) in [4.78, 5) is 33.4. The fourth-order valence-corrected chi connectivity index (χ4v) is 2.60. The van der Waals surface area contributed by atoms with Gasteiger partial charge in [0.15, 0.2) is 12.1 Å². The summed E-state index contributed by atoms with van der Waals surface area (Å²) in [6, 6.07) is 10.9. The second kappa shape index (κ2) is 6.57. The predicted molar refractivity (Wildman–Crippen MR) is 85.7 cm³/mol. The van der Waals surface area contributed by atoms with E-state index in [9.17, 15) is 19.7 Å². The molecule has 2 rings (SSSR count). The van der Waals surface area contributed by atoms with Crippen LogP contribution < -0.4 is 0 Å². The van der Waals surface area contributed by atoms with Crippen LogP contribution in [0, 0.1) is 13.7 Å². The van der Waals surface area contributed by atoms with Crippen molar-refractivity contribution in [2.45, 2.75) is 6.42 Å². The third-order valence-corrected chi connectivity index (χ3v) is 3.99. The highest BCUT2D eigenvalue weighted by atomic mass is 127. The van der Waals surface area contributed by atoms with Crippen LogP contribution in [0.4, 0.5) is 5.69 Å². The van der Waals surface area contributed by atoms with E-state index in [1.165, 1.54) is 12.1 Å². The molecule has 0 unspecified atom stereocenters. The monoisotopic (exact) mass is 395 g/mol. The molecule has 0 fully saturated rings. The van der Waals surface area contributed by atoms with Crippen molar-refractivity contribution in [3.8, 4) is 0 Å². The Balaban J connectivity index is 2.28. The number of hydrogen-bond donors (Lipinski definition) is 0. The minimum absolute atomic E-state index is 0.0103. The highest BCUT2D eigenvalue weighted by molar-refractivity contribution is 14.1. The highest BCUT2D eigenvalue weighted by Crippen LogP contribution is 2.21. The first-order valence-corrected chi connectivity index (χ1v) is 7.11. The Hall–Kier alpha value is -2.09. The van der Waals surface area contributed by atoms with Gasteiger partial charge in [0, 0.05) is 33.3 Å². The summed E-state index contributed by atoms with van der Waals surface area (Å²) in [5.41, 5.74) is 1.40. The third kappa shape index (κ3) is 3.52. The first kappa shape index (κ1) is 15.3. The van der Waals surface area contributed by atoms with Gasteiger partial charge in [-0.15, -0.1) is 0 Å². The van der Waals surface area contributed by atoms with Gasteiger partial charge in [-0.3, -0.25) is 19.7 Å². The maximum absolute atomic E-state index is 12.3. The van der Waals surface area contributed by atoms with Crippen molar-refractivity contribution in [1.29, 1.82) is 0 Å². The zero-order chi connectivity index (χ0) is 15.4. The summed E-state index contributed by atoms with van der Waals surface area (Å²) in [7, 11) is 0. The van der Waals surface area contributed by atoms with E-state index in [1.807, 2.05) is 22.6 Å². The number of nitro groups is 1. The number of ketones is 1. The fourth-order valence-electron chi connectivity index (χ4n) is 1.92. The highest BCUT2D eigenvalue weighted by Gasteiger charge is 2.15. The van der Waals surface area contributed by atoms with Crippen molar-refractivity contribution in [3.05, 3.63) is 72.8 Å². The average molecular weight is 395 g/mol. The molecule has 0 saturated carbocycles. The van der Waals surface area contributed by atoms with Gasteiger partial charge < -0.3 is 0 Å². The lowest BCUT2D eigenvalue weighted by Crippen LogP contribution is -2.08. The summed E-state index contributed by atoms with van der Waals surface area (Å²) in [6.45, 7) is 0. The fraction of sp³-hybridized carbons (Fsp3) is 0.0667.